The molecule has 1 aliphatic heterocycles. The molecule has 1 N–H and O–H groups in total. The van der Waals surface area contributed by atoms with E-state index in [0.29, 0.717) is 108 Å². The lowest BCUT2D eigenvalue weighted by molar-refractivity contribution is 0.189. The molecule has 4 heterocycles. The molecule has 0 saturated carbocycles. The smallest absolute Gasteiger partial charge is 0.279 e. The van der Waals surface area contributed by atoms with Gasteiger partial charge in [0.1, 0.15) is 11.8 Å². The fraction of sp³-hybridized carbons (Fsp3) is 0.680. The maximum Gasteiger partial charge on any atom is 0.279 e. The second-order valence-corrected chi connectivity index (χ2v) is 9.57. The van der Waals surface area contributed by atoms with Crippen molar-refractivity contribution in [1.82, 2.24) is 34.7 Å². The minimum absolute atomic E-state index is 0.223. The fourth-order valence-electron chi connectivity index (χ4n) is 4.53. The minimum Gasteiger partial charge on any atom is -0.383 e. The molecule has 0 aromatic carbocycles. The molecule has 4 rings (SSSR count). The molecule has 226 valence electrons. The van der Waals surface area contributed by atoms with Gasteiger partial charge in [-0.25, -0.2) is 15.0 Å². The van der Waals surface area contributed by atoms with Crippen LogP contribution in [-0.2, 0) is 26.0 Å². The molecule has 0 bridgehead atoms. The Balaban J connectivity index is 1.76. The highest BCUT2D eigenvalue weighted by molar-refractivity contribution is 5.87. The number of rotatable bonds is 16. The first-order chi connectivity index (χ1) is 20.0. The van der Waals surface area contributed by atoms with Crippen molar-refractivity contribution in [2.24, 2.45) is 7.05 Å². The number of aromatic nitrogens is 7. The van der Waals surface area contributed by atoms with E-state index in [1.807, 2.05) is 16.8 Å². The fourth-order valence-corrected chi connectivity index (χ4v) is 4.53. The van der Waals surface area contributed by atoms with Crippen LogP contribution < -0.4 is 25.2 Å². The van der Waals surface area contributed by atoms with E-state index in [1.165, 1.54) is 0 Å². The second-order valence-electron chi connectivity index (χ2n) is 9.57. The van der Waals surface area contributed by atoms with Crippen molar-refractivity contribution in [1.29, 1.82) is 0 Å². The van der Waals surface area contributed by atoms with Crippen molar-refractivity contribution in [3.05, 3.63) is 16.7 Å². The average Bonchev–Trinajstić information content (AvgIpc) is 3.43. The third-order valence-electron chi connectivity index (χ3n) is 6.81. The number of nitrogens with one attached hydrogen (secondary N) is 1. The van der Waals surface area contributed by atoms with E-state index in [9.17, 15) is 4.79 Å². The predicted molar refractivity (Wildman–Crippen MR) is 155 cm³/mol. The van der Waals surface area contributed by atoms with Gasteiger partial charge in [-0.15, -0.1) is 5.10 Å². The summed E-state index contributed by atoms with van der Waals surface area (Å²) >= 11 is 0. The molecule has 16 nitrogen and oxygen atoms in total. The van der Waals surface area contributed by atoms with Gasteiger partial charge in [-0.1, -0.05) is 0 Å². The molecule has 41 heavy (non-hydrogen) atoms. The Labute approximate surface area is 239 Å². The van der Waals surface area contributed by atoms with E-state index in [2.05, 4.69) is 24.9 Å². The third kappa shape index (κ3) is 7.58. The number of aryl methyl sites for hydroxylation is 1. The summed E-state index contributed by atoms with van der Waals surface area (Å²) in [5, 5.41) is 4.44. The number of nitrogens with zero attached hydrogens (tertiary/aromatic N) is 10. The number of hydrogen-bond acceptors (Lipinski definition) is 14. The van der Waals surface area contributed by atoms with Crippen molar-refractivity contribution in [2.75, 3.05) is 127 Å². The topological polar surface area (TPSA) is 152 Å². The highest BCUT2D eigenvalue weighted by Crippen LogP contribution is 2.26. The van der Waals surface area contributed by atoms with Crippen molar-refractivity contribution in [3.63, 3.8) is 0 Å². The number of methoxy groups -OCH3 is 4. The number of aromatic amines is 1. The zero-order chi connectivity index (χ0) is 29.2. The van der Waals surface area contributed by atoms with Gasteiger partial charge in [0, 0.05) is 87.8 Å². The van der Waals surface area contributed by atoms with E-state index < -0.39 is 0 Å². The van der Waals surface area contributed by atoms with Gasteiger partial charge in [-0.2, -0.15) is 4.98 Å². The molecular weight excluding hydrogens is 534 g/mol. The van der Waals surface area contributed by atoms with E-state index in [1.54, 1.807) is 39.4 Å². The van der Waals surface area contributed by atoms with Crippen LogP contribution in [0, 0.1) is 0 Å². The lowest BCUT2D eigenvalue weighted by Gasteiger charge is -2.35. The molecule has 1 fully saturated rings. The van der Waals surface area contributed by atoms with E-state index >= 15 is 0 Å². The Bertz CT molecular complexity index is 1280. The lowest BCUT2D eigenvalue weighted by atomic mass is 10.3. The maximum atomic E-state index is 13.5. The Hall–Kier alpha value is -3.60. The number of ether oxygens (including phenoxy) is 4. The summed E-state index contributed by atoms with van der Waals surface area (Å²) in [6.45, 7) is 6.65. The molecule has 0 unspecified atom stereocenters. The molecule has 3 aromatic rings. The van der Waals surface area contributed by atoms with Gasteiger partial charge >= 0.3 is 0 Å². The SMILES string of the molecule is COCCN(CCOC)c1nc(N2CCN(c3ncn(C)n3)CC2)c2nc(N(CCOC)CCOC)[nH]c(=O)c2n1. The molecule has 0 atom stereocenters. The first-order valence-electron chi connectivity index (χ1n) is 13.6. The number of anilines is 4. The maximum absolute atomic E-state index is 13.5. The summed E-state index contributed by atoms with van der Waals surface area (Å²) in [6.07, 6.45) is 1.69. The highest BCUT2D eigenvalue weighted by Gasteiger charge is 2.26. The van der Waals surface area contributed by atoms with Crippen LogP contribution in [0.5, 0.6) is 0 Å². The van der Waals surface area contributed by atoms with Crippen molar-refractivity contribution >= 4 is 34.7 Å². The molecule has 3 aromatic heterocycles. The van der Waals surface area contributed by atoms with E-state index in [0.717, 1.165) is 0 Å². The van der Waals surface area contributed by atoms with Crippen LogP contribution in [-0.4, -0.2) is 142 Å². The van der Waals surface area contributed by atoms with Crippen molar-refractivity contribution in [2.45, 2.75) is 0 Å². The summed E-state index contributed by atoms with van der Waals surface area (Å²) in [5.74, 6) is 2.13. The Morgan fingerprint density at radius 2 is 1.34 bits per heavy atom. The molecule has 16 heteroatoms. The third-order valence-corrected chi connectivity index (χ3v) is 6.81. The van der Waals surface area contributed by atoms with Crippen LogP contribution in [0.15, 0.2) is 11.1 Å². The van der Waals surface area contributed by atoms with E-state index in [-0.39, 0.29) is 11.1 Å². The summed E-state index contributed by atoms with van der Waals surface area (Å²) in [5.41, 5.74) is 0.320. The van der Waals surface area contributed by atoms with Crippen molar-refractivity contribution < 1.29 is 18.9 Å². The lowest BCUT2D eigenvalue weighted by Crippen LogP contribution is -2.47. The summed E-state index contributed by atoms with van der Waals surface area (Å²) in [6, 6.07) is 0. The van der Waals surface area contributed by atoms with Crippen LogP contribution in [0.1, 0.15) is 0 Å². The van der Waals surface area contributed by atoms with Gasteiger partial charge in [0.15, 0.2) is 11.3 Å². The molecule has 0 aliphatic carbocycles. The van der Waals surface area contributed by atoms with Crippen LogP contribution >= 0.6 is 0 Å². The van der Waals surface area contributed by atoms with Gasteiger partial charge in [0.2, 0.25) is 17.8 Å². The predicted octanol–water partition coefficient (Wildman–Crippen LogP) is -0.633. The monoisotopic (exact) mass is 575 g/mol. The standard InChI is InChI=1S/C25H41N11O5/c1-32-18-26-23(31-32)34-8-6-33(7-9-34)21-19-20(28-24(29-21)35(10-14-38-2)11-15-39-3)22(37)30-25(27-19)36(12-16-40-4)13-17-41-5/h18H,6-17H2,1-5H3,(H,27,30,37). The molecule has 0 radical (unpaired) electrons. The van der Waals surface area contributed by atoms with Crippen LogP contribution in [0.2, 0.25) is 0 Å². The number of hydrogen-bond donors (Lipinski definition) is 1. The van der Waals surface area contributed by atoms with Crippen LogP contribution in [0.3, 0.4) is 0 Å². The Morgan fingerprint density at radius 1 is 0.780 bits per heavy atom. The van der Waals surface area contributed by atoms with Gasteiger partial charge in [0.25, 0.3) is 5.56 Å². The zero-order valence-electron chi connectivity index (χ0n) is 24.6. The minimum atomic E-state index is -0.343. The summed E-state index contributed by atoms with van der Waals surface area (Å²) in [7, 11) is 8.41. The largest absolute Gasteiger partial charge is 0.383 e. The Morgan fingerprint density at radius 3 is 1.88 bits per heavy atom. The van der Waals surface area contributed by atoms with E-state index in [4.69, 9.17) is 33.9 Å². The Kier molecular flexibility index (Phi) is 11.0. The number of fused-ring (bicyclic) bond motifs is 1. The molecule has 1 saturated heterocycles. The normalized spacial score (nSPS) is 13.8. The van der Waals surface area contributed by atoms with Gasteiger partial charge in [0.05, 0.1) is 26.4 Å². The zero-order valence-corrected chi connectivity index (χ0v) is 24.6. The summed E-state index contributed by atoms with van der Waals surface area (Å²) in [4.78, 5) is 43.6. The van der Waals surface area contributed by atoms with Gasteiger partial charge in [-0.3, -0.25) is 14.5 Å². The highest BCUT2D eigenvalue weighted by atomic mass is 16.5. The second kappa shape index (κ2) is 14.9. The first-order valence-corrected chi connectivity index (χ1v) is 13.6. The molecular formula is C25H41N11O5. The average molecular weight is 576 g/mol. The number of piperazine rings is 1. The molecule has 0 spiro atoms. The molecule has 1 aliphatic rings. The molecule has 0 amide bonds. The first kappa shape index (κ1) is 30.4. The van der Waals surface area contributed by atoms with Crippen molar-refractivity contribution in [3.8, 4) is 0 Å². The van der Waals surface area contributed by atoms with Gasteiger partial charge < -0.3 is 38.5 Å². The van der Waals surface area contributed by atoms with Crippen LogP contribution in [0.4, 0.5) is 23.7 Å². The number of H-pyrrole nitrogens is 1. The van der Waals surface area contributed by atoms with Crippen LogP contribution in [0.25, 0.3) is 11.0 Å². The quantitative estimate of drug-likeness (QED) is 0.231. The van der Waals surface area contributed by atoms with Gasteiger partial charge in [-0.05, 0) is 0 Å². The summed E-state index contributed by atoms with van der Waals surface area (Å²) < 4.78 is 22.9.